The van der Waals surface area contributed by atoms with E-state index in [4.69, 9.17) is 0 Å². The molecule has 1 rings (SSSR count). The van der Waals surface area contributed by atoms with Crippen LogP contribution in [-0.4, -0.2) is 0 Å². The summed E-state index contributed by atoms with van der Waals surface area (Å²) in [7, 11) is 0. The fourth-order valence-corrected chi connectivity index (χ4v) is 1.19. The van der Waals surface area contributed by atoms with Crippen molar-refractivity contribution in [1.82, 2.24) is 0 Å². The molecule has 1 unspecified atom stereocenters. The minimum Gasteiger partial charge on any atom is -0.0882 e. The summed E-state index contributed by atoms with van der Waals surface area (Å²) in [6, 6.07) is 0. The number of rotatable bonds is 0. The second-order valence-corrected chi connectivity index (χ2v) is 2.96. The maximum atomic E-state index is 2.32. The summed E-state index contributed by atoms with van der Waals surface area (Å²) >= 11 is 0. The molecule has 0 aromatic rings. The fourth-order valence-electron chi connectivity index (χ4n) is 1.19. The highest BCUT2D eigenvalue weighted by Crippen LogP contribution is 2.24. The third-order valence-electron chi connectivity index (χ3n) is 2.14. The second kappa shape index (κ2) is 3.05. The third kappa shape index (κ3) is 1.85. The van der Waals surface area contributed by atoms with E-state index in [-0.39, 0.29) is 0 Å². The van der Waals surface area contributed by atoms with Crippen LogP contribution in [0.5, 0.6) is 0 Å². The van der Waals surface area contributed by atoms with Crippen molar-refractivity contribution in [3.05, 3.63) is 18.1 Å². The van der Waals surface area contributed by atoms with Gasteiger partial charge in [0.05, 0.1) is 0 Å². The summed E-state index contributed by atoms with van der Waals surface area (Å²) in [5.74, 6) is 2.37. The smallest absolute Gasteiger partial charge is 0.0202 e. The quantitative estimate of drug-likeness (QED) is 0.434. The largest absolute Gasteiger partial charge is 0.0882 e. The zero-order chi connectivity index (χ0) is 6.69. The van der Waals surface area contributed by atoms with Gasteiger partial charge in [0, 0.05) is 0 Å². The van der Waals surface area contributed by atoms with Crippen molar-refractivity contribution in [2.45, 2.75) is 33.1 Å². The van der Waals surface area contributed by atoms with Crippen LogP contribution in [0.2, 0.25) is 0 Å². The Labute approximate surface area is 58.0 Å². The van der Waals surface area contributed by atoms with Gasteiger partial charge in [-0.3, -0.25) is 0 Å². The van der Waals surface area contributed by atoms with Crippen LogP contribution in [0.15, 0.2) is 12.2 Å². The van der Waals surface area contributed by atoms with E-state index in [1.165, 1.54) is 19.3 Å². The molecule has 0 fully saturated rings. The minimum absolute atomic E-state index is 0.729. The van der Waals surface area contributed by atoms with Crippen molar-refractivity contribution in [2.24, 2.45) is 5.92 Å². The van der Waals surface area contributed by atoms with E-state index in [0.717, 1.165) is 5.92 Å². The first kappa shape index (κ1) is 6.85. The van der Waals surface area contributed by atoms with Gasteiger partial charge in [-0.1, -0.05) is 26.0 Å². The van der Waals surface area contributed by atoms with Crippen LogP contribution >= 0.6 is 0 Å². The maximum absolute atomic E-state index is 2.32. The molecule has 0 aliphatic heterocycles. The molecular formula is C9H15. The molecule has 1 aliphatic rings. The number of hydrogen-bond acceptors (Lipinski definition) is 0. The molecule has 0 N–H and O–H groups in total. The Morgan fingerprint density at radius 3 is 3.11 bits per heavy atom. The molecule has 0 saturated carbocycles. The zero-order valence-corrected chi connectivity index (χ0v) is 6.35. The summed E-state index contributed by atoms with van der Waals surface area (Å²) in [5.41, 5.74) is 0. The Morgan fingerprint density at radius 1 is 1.56 bits per heavy atom. The average molecular weight is 123 g/mol. The van der Waals surface area contributed by atoms with E-state index < -0.39 is 0 Å². The fraction of sp³-hybridized carbons (Fsp3) is 0.667. The van der Waals surface area contributed by atoms with Crippen LogP contribution < -0.4 is 0 Å². The Kier molecular flexibility index (Phi) is 2.32. The Balaban J connectivity index is 2.46. The highest BCUT2D eigenvalue weighted by molar-refractivity contribution is 5.04. The topological polar surface area (TPSA) is 0 Å². The average Bonchev–Trinajstić information content (AvgIpc) is 1.99. The predicted molar refractivity (Wildman–Crippen MR) is 41.1 cm³/mol. The molecule has 0 nitrogen and oxygen atoms in total. The van der Waals surface area contributed by atoms with Gasteiger partial charge in [0.15, 0.2) is 0 Å². The first-order chi connectivity index (χ1) is 4.30. The zero-order valence-electron chi connectivity index (χ0n) is 6.35. The van der Waals surface area contributed by atoms with E-state index in [9.17, 15) is 0 Å². The third-order valence-corrected chi connectivity index (χ3v) is 2.14. The monoisotopic (exact) mass is 123 g/mol. The molecule has 0 heterocycles. The summed E-state index contributed by atoms with van der Waals surface area (Å²) in [4.78, 5) is 0. The molecule has 1 aliphatic carbocycles. The molecular weight excluding hydrogens is 108 g/mol. The van der Waals surface area contributed by atoms with Gasteiger partial charge in [-0.25, -0.2) is 0 Å². The normalized spacial score (nSPS) is 30.2. The van der Waals surface area contributed by atoms with Gasteiger partial charge in [0.1, 0.15) is 0 Å². The van der Waals surface area contributed by atoms with E-state index >= 15 is 0 Å². The Morgan fingerprint density at radius 2 is 2.33 bits per heavy atom. The first-order valence-electron chi connectivity index (χ1n) is 3.79. The van der Waals surface area contributed by atoms with E-state index in [1.54, 1.807) is 5.92 Å². The highest BCUT2D eigenvalue weighted by atomic mass is 14.2. The van der Waals surface area contributed by atoms with Gasteiger partial charge < -0.3 is 0 Å². The second-order valence-electron chi connectivity index (χ2n) is 2.96. The minimum atomic E-state index is 0.729. The molecule has 1 radical (unpaired) electrons. The van der Waals surface area contributed by atoms with Gasteiger partial charge in [-0.15, -0.1) is 0 Å². The summed E-state index contributed by atoms with van der Waals surface area (Å²) in [6.45, 7) is 4.54. The SMILES string of the molecule is C[C]1CCCC=CC1C. The lowest BCUT2D eigenvalue weighted by atomic mass is 9.93. The van der Waals surface area contributed by atoms with Crippen molar-refractivity contribution in [3.63, 3.8) is 0 Å². The van der Waals surface area contributed by atoms with Crippen LogP contribution in [0.1, 0.15) is 33.1 Å². The van der Waals surface area contributed by atoms with E-state index in [0.29, 0.717) is 0 Å². The maximum Gasteiger partial charge on any atom is -0.0202 e. The molecule has 9 heavy (non-hydrogen) atoms. The summed E-state index contributed by atoms with van der Waals surface area (Å²) in [5, 5.41) is 0. The number of allylic oxidation sites excluding steroid dienone is 2. The lowest BCUT2D eigenvalue weighted by molar-refractivity contribution is 0.654. The van der Waals surface area contributed by atoms with Gasteiger partial charge in [-0.2, -0.15) is 0 Å². The van der Waals surface area contributed by atoms with Gasteiger partial charge in [0.2, 0.25) is 0 Å². The van der Waals surface area contributed by atoms with Crippen LogP contribution in [0.3, 0.4) is 0 Å². The lowest BCUT2D eigenvalue weighted by Gasteiger charge is -2.11. The standard InChI is InChI=1S/C9H15/c1-8-6-4-3-5-7-9(8)2/h4,6,8H,3,5,7H2,1-2H3. The number of hydrogen-bond donors (Lipinski definition) is 0. The predicted octanol–water partition coefficient (Wildman–Crippen LogP) is 2.96. The molecule has 0 heteroatoms. The molecule has 0 saturated heterocycles. The van der Waals surface area contributed by atoms with Gasteiger partial charge >= 0.3 is 0 Å². The molecule has 0 aromatic heterocycles. The molecule has 0 spiro atoms. The van der Waals surface area contributed by atoms with Gasteiger partial charge in [-0.05, 0) is 31.1 Å². The van der Waals surface area contributed by atoms with E-state index in [2.05, 4.69) is 26.0 Å². The van der Waals surface area contributed by atoms with Crippen molar-refractivity contribution in [3.8, 4) is 0 Å². The lowest BCUT2D eigenvalue weighted by Crippen LogP contribution is -1.99. The summed E-state index contributed by atoms with van der Waals surface area (Å²) < 4.78 is 0. The van der Waals surface area contributed by atoms with Crippen LogP contribution in [0.25, 0.3) is 0 Å². The first-order valence-corrected chi connectivity index (χ1v) is 3.79. The van der Waals surface area contributed by atoms with Crippen LogP contribution in [0.4, 0.5) is 0 Å². The van der Waals surface area contributed by atoms with Crippen molar-refractivity contribution < 1.29 is 0 Å². The Bertz CT molecular complexity index is 103. The molecule has 1 atom stereocenters. The van der Waals surface area contributed by atoms with Crippen LogP contribution in [0, 0.1) is 11.8 Å². The molecule has 0 bridgehead atoms. The van der Waals surface area contributed by atoms with Crippen molar-refractivity contribution in [1.29, 1.82) is 0 Å². The van der Waals surface area contributed by atoms with E-state index in [1.807, 2.05) is 0 Å². The van der Waals surface area contributed by atoms with Gasteiger partial charge in [0.25, 0.3) is 0 Å². The summed E-state index contributed by atoms with van der Waals surface area (Å²) in [6.07, 6.45) is 8.59. The Hall–Kier alpha value is -0.260. The van der Waals surface area contributed by atoms with Crippen molar-refractivity contribution >= 4 is 0 Å². The highest BCUT2D eigenvalue weighted by Gasteiger charge is 2.10. The van der Waals surface area contributed by atoms with Crippen molar-refractivity contribution in [2.75, 3.05) is 0 Å². The molecule has 0 amide bonds. The molecule has 0 aromatic carbocycles. The van der Waals surface area contributed by atoms with Crippen LogP contribution in [-0.2, 0) is 0 Å². The molecule has 51 valence electrons.